The molecule has 1 saturated heterocycles. The van der Waals surface area contributed by atoms with E-state index in [1.165, 1.54) is 18.0 Å². The lowest BCUT2D eigenvalue weighted by Gasteiger charge is -2.35. The molecule has 0 aliphatic carbocycles. The van der Waals surface area contributed by atoms with Gasteiger partial charge in [-0.25, -0.2) is 14.6 Å². The summed E-state index contributed by atoms with van der Waals surface area (Å²) in [6.07, 6.45) is 2.01. The Balaban J connectivity index is 1.59. The zero-order chi connectivity index (χ0) is 32.3. The number of carboxylic acid groups (broad SMARTS) is 1. The summed E-state index contributed by atoms with van der Waals surface area (Å²) in [7, 11) is 1.50. The van der Waals surface area contributed by atoms with E-state index in [1.54, 1.807) is 49.6 Å². The molecule has 12 nitrogen and oxygen atoms in total. The van der Waals surface area contributed by atoms with E-state index in [0.717, 1.165) is 5.56 Å². The van der Waals surface area contributed by atoms with E-state index in [2.05, 4.69) is 10.3 Å². The molecule has 1 amide bonds. The number of alkyl carbamates (subject to hydrolysis) is 1. The highest BCUT2D eigenvalue weighted by Crippen LogP contribution is 2.33. The minimum absolute atomic E-state index is 0.0331. The average Bonchev–Trinajstić information content (AvgIpc) is 3.33. The van der Waals surface area contributed by atoms with Gasteiger partial charge in [-0.05, 0) is 51.3 Å². The number of methoxy groups -OCH3 is 1. The normalized spacial score (nSPS) is 15.1. The number of carbonyl (C=O) groups excluding carboxylic acids is 2. The number of ketones is 1. The van der Waals surface area contributed by atoms with Crippen molar-refractivity contribution in [3.05, 3.63) is 88.0 Å². The standard InChI is InChI=1S/C33H37N5O7/c1-33(2,3)45-32(43)35-23-13-9-15-36(18-23)29-26(31(41)42)27-28(38(29)17-21-10-6-5-7-11-21)30(40)37(20-34-27)19-25(39)22-12-8-14-24(16-22)44-4/h5-8,10-12,14,16,20,23H,9,13,15,17-19H2,1-4H3,(H,35,43)(H,41,42). The zero-order valence-corrected chi connectivity index (χ0v) is 25.8. The van der Waals surface area contributed by atoms with E-state index in [1.807, 2.05) is 35.2 Å². The summed E-state index contributed by atoms with van der Waals surface area (Å²) < 4.78 is 13.5. The van der Waals surface area contributed by atoms with Gasteiger partial charge in [0.05, 0.1) is 20.0 Å². The van der Waals surface area contributed by atoms with Crippen molar-refractivity contribution >= 4 is 34.7 Å². The van der Waals surface area contributed by atoms with Gasteiger partial charge in [0.25, 0.3) is 5.56 Å². The van der Waals surface area contributed by atoms with E-state index >= 15 is 0 Å². The molecule has 236 valence electrons. The fraction of sp³-hybridized carbons (Fsp3) is 0.364. The highest BCUT2D eigenvalue weighted by Gasteiger charge is 2.33. The first-order valence-corrected chi connectivity index (χ1v) is 14.8. The predicted molar refractivity (Wildman–Crippen MR) is 168 cm³/mol. The van der Waals surface area contributed by atoms with Crippen LogP contribution in [0.4, 0.5) is 10.6 Å². The van der Waals surface area contributed by atoms with Crippen LogP contribution in [0, 0.1) is 0 Å². The van der Waals surface area contributed by atoms with Crippen LogP contribution in [0.15, 0.2) is 65.7 Å². The first-order chi connectivity index (χ1) is 21.4. The molecule has 5 rings (SSSR count). The molecule has 1 aliphatic heterocycles. The lowest BCUT2D eigenvalue weighted by molar-refractivity contribution is 0.0498. The monoisotopic (exact) mass is 615 g/mol. The molecule has 2 aromatic carbocycles. The number of piperidine rings is 1. The van der Waals surface area contributed by atoms with Crippen molar-refractivity contribution in [2.45, 2.75) is 58.3 Å². The third kappa shape index (κ3) is 7.00. The molecule has 12 heteroatoms. The number of fused-ring (bicyclic) bond motifs is 1. The molecule has 1 aliphatic rings. The first-order valence-electron chi connectivity index (χ1n) is 14.8. The molecule has 2 N–H and O–H groups in total. The number of benzene rings is 2. The number of amides is 1. The molecular formula is C33H37N5O7. The molecule has 0 saturated carbocycles. The van der Waals surface area contributed by atoms with Crippen molar-refractivity contribution in [1.29, 1.82) is 0 Å². The minimum atomic E-state index is -1.24. The number of nitrogens with zero attached hydrogens (tertiary/aromatic N) is 4. The molecule has 1 fully saturated rings. The van der Waals surface area contributed by atoms with Crippen LogP contribution in [-0.2, 0) is 17.8 Å². The van der Waals surface area contributed by atoms with Gasteiger partial charge in [0.1, 0.15) is 33.8 Å². The number of rotatable bonds is 9. The van der Waals surface area contributed by atoms with E-state index in [-0.39, 0.29) is 41.5 Å². The van der Waals surface area contributed by atoms with E-state index < -0.39 is 23.2 Å². The topological polar surface area (TPSA) is 145 Å². The molecule has 0 bridgehead atoms. The van der Waals surface area contributed by atoms with Gasteiger partial charge in [0.15, 0.2) is 5.78 Å². The van der Waals surface area contributed by atoms with E-state index in [4.69, 9.17) is 9.47 Å². The Kier molecular flexibility index (Phi) is 8.94. The molecule has 0 spiro atoms. The number of anilines is 1. The molecule has 1 atom stereocenters. The third-order valence-corrected chi connectivity index (χ3v) is 7.54. The molecule has 1 unspecified atom stereocenters. The molecule has 2 aromatic heterocycles. The van der Waals surface area contributed by atoms with Crippen molar-refractivity contribution in [2.24, 2.45) is 0 Å². The SMILES string of the molecule is COc1cccc(C(=O)Cn2cnc3c(C(=O)O)c(N4CCCC(NC(=O)OC(C)(C)C)C4)n(Cc4ccccc4)c3c2=O)c1. The number of hydrogen-bond donors (Lipinski definition) is 2. The highest BCUT2D eigenvalue weighted by molar-refractivity contribution is 6.07. The summed E-state index contributed by atoms with van der Waals surface area (Å²) in [4.78, 5) is 59.0. The summed E-state index contributed by atoms with van der Waals surface area (Å²) >= 11 is 0. The fourth-order valence-electron chi connectivity index (χ4n) is 5.61. The number of aromatic carboxylic acids is 1. The maximum Gasteiger partial charge on any atom is 0.407 e. The van der Waals surface area contributed by atoms with Crippen LogP contribution in [0.2, 0.25) is 0 Å². The van der Waals surface area contributed by atoms with Crippen LogP contribution in [0.3, 0.4) is 0 Å². The van der Waals surface area contributed by atoms with Gasteiger partial charge in [0.2, 0.25) is 0 Å². The predicted octanol–water partition coefficient (Wildman–Crippen LogP) is 4.33. The quantitative estimate of drug-likeness (QED) is 0.263. The van der Waals surface area contributed by atoms with Crippen molar-refractivity contribution < 1.29 is 29.0 Å². The average molecular weight is 616 g/mol. The van der Waals surface area contributed by atoms with Crippen LogP contribution in [0.5, 0.6) is 5.75 Å². The lowest BCUT2D eigenvalue weighted by atomic mass is 10.1. The smallest absolute Gasteiger partial charge is 0.407 e. The number of carbonyl (C=O) groups is 3. The van der Waals surface area contributed by atoms with Crippen molar-refractivity contribution in [2.75, 3.05) is 25.1 Å². The Morgan fingerprint density at radius 1 is 1.09 bits per heavy atom. The maximum atomic E-state index is 14.1. The van der Waals surface area contributed by atoms with Gasteiger partial charge in [0, 0.05) is 31.2 Å². The second kappa shape index (κ2) is 12.8. The minimum Gasteiger partial charge on any atom is -0.497 e. The molecular weight excluding hydrogens is 578 g/mol. The zero-order valence-electron chi connectivity index (χ0n) is 25.8. The van der Waals surface area contributed by atoms with Crippen molar-refractivity contribution in [3.8, 4) is 5.75 Å². The van der Waals surface area contributed by atoms with Crippen LogP contribution in [0.25, 0.3) is 11.0 Å². The Labute approximate surface area is 260 Å². The number of hydrogen-bond acceptors (Lipinski definition) is 8. The molecule has 3 heterocycles. The van der Waals surface area contributed by atoms with Crippen LogP contribution in [0.1, 0.15) is 59.9 Å². The molecule has 4 aromatic rings. The number of carboxylic acids is 1. The largest absolute Gasteiger partial charge is 0.497 e. The second-order valence-corrected chi connectivity index (χ2v) is 12.0. The summed E-state index contributed by atoms with van der Waals surface area (Å²) in [5.41, 5.74) is 0.000106. The second-order valence-electron chi connectivity index (χ2n) is 12.0. The summed E-state index contributed by atoms with van der Waals surface area (Å²) in [6.45, 7) is 6.04. The Morgan fingerprint density at radius 2 is 1.84 bits per heavy atom. The van der Waals surface area contributed by atoms with Gasteiger partial charge in [-0.3, -0.25) is 14.2 Å². The van der Waals surface area contributed by atoms with Gasteiger partial charge in [-0.1, -0.05) is 42.5 Å². The van der Waals surface area contributed by atoms with Gasteiger partial charge >= 0.3 is 12.1 Å². The number of Topliss-reactive ketones (excluding diaryl/α,β-unsaturated/α-hetero) is 1. The molecule has 45 heavy (non-hydrogen) atoms. The summed E-state index contributed by atoms with van der Waals surface area (Å²) in [5.74, 6) is -0.737. The number of ether oxygens (including phenoxy) is 2. The van der Waals surface area contributed by atoms with Crippen LogP contribution in [-0.4, -0.2) is 68.9 Å². The summed E-state index contributed by atoms with van der Waals surface area (Å²) in [5, 5.41) is 13.4. The lowest BCUT2D eigenvalue weighted by Crippen LogP contribution is -2.49. The van der Waals surface area contributed by atoms with E-state index in [9.17, 15) is 24.3 Å². The van der Waals surface area contributed by atoms with Crippen LogP contribution >= 0.6 is 0 Å². The fourth-order valence-corrected chi connectivity index (χ4v) is 5.61. The maximum absolute atomic E-state index is 14.1. The Hall–Kier alpha value is -5.13. The third-order valence-electron chi connectivity index (χ3n) is 7.54. The number of aromatic nitrogens is 3. The Morgan fingerprint density at radius 3 is 2.53 bits per heavy atom. The van der Waals surface area contributed by atoms with Gasteiger partial charge < -0.3 is 29.4 Å². The van der Waals surface area contributed by atoms with E-state index in [0.29, 0.717) is 43.1 Å². The first kappa shape index (κ1) is 31.3. The van der Waals surface area contributed by atoms with Crippen molar-refractivity contribution in [1.82, 2.24) is 19.4 Å². The van der Waals surface area contributed by atoms with Gasteiger partial charge in [-0.2, -0.15) is 0 Å². The Bertz CT molecular complexity index is 1790. The number of nitrogens with one attached hydrogen (secondary N) is 1. The highest BCUT2D eigenvalue weighted by atomic mass is 16.6. The van der Waals surface area contributed by atoms with Crippen molar-refractivity contribution in [3.63, 3.8) is 0 Å². The molecule has 0 radical (unpaired) electrons. The van der Waals surface area contributed by atoms with Gasteiger partial charge in [-0.15, -0.1) is 0 Å². The summed E-state index contributed by atoms with van der Waals surface area (Å²) in [6, 6.07) is 15.7. The van der Waals surface area contributed by atoms with Crippen LogP contribution < -0.4 is 20.5 Å².